The van der Waals surface area contributed by atoms with Gasteiger partial charge in [0.25, 0.3) is 0 Å². The van der Waals surface area contributed by atoms with E-state index in [-0.39, 0.29) is 5.75 Å². The third kappa shape index (κ3) is 5.14. The van der Waals surface area contributed by atoms with Crippen LogP contribution in [0.3, 0.4) is 0 Å². The van der Waals surface area contributed by atoms with E-state index in [1.807, 2.05) is 83.6 Å². The smallest absolute Gasteiger partial charge is 0.408 e. The van der Waals surface area contributed by atoms with Crippen LogP contribution in [0.4, 0.5) is 10.5 Å². The van der Waals surface area contributed by atoms with Crippen molar-refractivity contribution in [3.05, 3.63) is 109 Å². The first-order valence-corrected chi connectivity index (χ1v) is 11.3. The Hall–Kier alpha value is -4.10. The minimum absolute atomic E-state index is 0.261. The van der Waals surface area contributed by atoms with Gasteiger partial charge < -0.3 is 4.74 Å². The van der Waals surface area contributed by atoms with E-state index in [2.05, 4.69) is 4.72 Å². The fourth-order valence-electron chi connectivity index (χ4n) is 3.25. The number of para-hydroxylation sites is 2. The number of carbonyl (C=O) groups is 1. The van der Waals surface area contributed by atoms with Gasteiger partial charge >= 0.3 is 16.3 Å². The lowest BCUT2D eigenvalue weighted by atomic mass is 9.97. The maximum Gasteiger partial charge on any atom is 0.427 e. The van der Waals surface area contributed by atoms with Crippen molar-refractivity contribution < 1.29 is 17.9 Å². The molecule has 0 fully saturated rings. The number of benzene rings is 4. The number of anilines is 1. The minimum atomic E-state index is -4.18. The number of carbonyl (C=O) groups excluding carboxylic acids is 1. The lowest BCUT2D eigenvalue weighted by molar-refractivity contribution is 0.207. The molecule has 0 unspecified atom stereocenters. The molecule has 0 aliphatic heterocycles. The molecule has 0 saturated carbocycles. The van der Waals surface area contributed by atoms with E-state index < -0.39 is 16.3 Å². The predicted molar refractivity (Wildman–Crippen MR) is 125 cm³/mol. The van der Waals surface area contributed by atoms with Gasteiger partial charge in [-0.15, -0.1) is 0 Å². The number of nitrogens with one attached hydrogen (secondary N) is 2. The van der Waals surface area contributed by atoms with Gasteiger partial charge in [-0.05, 0) is 23.3 Å². The summed E-state index contributed by atoms with van der Waals surface area (Å²) in [7, 11) is -4.18. The Morgan fingerprint density at radius 1 is 0.625 bits per heavy atom. The Morgan fingerprint density at radius 3 is 1.59 bits per heavy atom. The molecule has 0 radical (unpaired) electrons. The van der Waals surface area contributed by atoms with Crippen molar-refractivity contribution in [2.75, 3.05) is 4.72 Å². The van der Waals surface area contributed by atoms with Crippen LogP contribution >= 0.6 is 0 Å². The number of rotatable bonds is 6. The summed E-state index contributed by atoms with van der Waals surface area (Å²) in [5.74, 6) is 0.261. The molecule has 0 bridgehead atoms. The van der Waals surface area contributed by atoms with Gasteiger partial charge in [-0.1, -0.05) is 97.1 Å². The van der Waals surface area contributed by atoms with Crippen LogP contribution in [0.15, 0.2) is 109 Å². The molecule has 0 spiro atoms. The van der Waals surface area contributed by atoms with Gasteiger partial charge in [-0.3, -0.25) is 4.72 Å². The number of hydrogen-bond donors (Lipinski definition) is 2. The standard InChI is InChI=1S/C25H20N2O4S/c28-25(27-32(29,30)26-21-15-8-3-9-16-21)31-24-22(19-11-4-1-5-12-19)17-10-18-23(24)20-13-6-2-7-14-20/h1-18,26H,(H,27,28). The van der Waals surface area contributed by atoms with E-state index in [1.165, 1.54) is 0 Å². The van der Waals surface area contributed by atoms with Crippen molar-refractivity contribution in [1.29, 1.82) is 0 Å². The van der Waals surface area contributed by atoms with Gasteiger partial charge in [0.05, 0.1) is 5.69 Å². The first-order valence-electron chi connectivity index (χ1n) is 9.83. The summed E-state index contributed by atoms with van der Waals surface area (Å²) in [4.78, 5) is 12.6. The highest BCUT2D eigenvalue weighted by atomic mass is 32.2. The normalized spacial score (nSPS) is 10.9. The van der Waals surface area contributed by atoms with Crippen LogP contribution in [0.25, 0.3) is 22.3 Å². The first-order chi connectivity index (χ1) is 15.5. The second kappa shape index (κ2) is 9.36. The third-order valence-electron chi connectivity index (χ3n) is 4.62. The molecule has 0 atom stereocenters. The van der Waals surface area contributed by atoms with Gasteiger partial charge in [0.15, 0.2) is 0 Å². The van der Waals surface area contributed by atoms with Gasteiger partial charge in [-0.2, -0.15) is 8.42 Å². The zero-order valence-electron chi connectivity index (χ0n) is 16.9. The zero-order valence-corrected chi connectivity index (χ0v) is 17.8. The molecule has 0 aliphatic carbocycles. The second-order valence-electron chi connectivity index (χ2n) is 6.88. The molecular weight excluding hydrogens is 424 g/mol. The molecule has 0 heterocycles. The molecule has 0 aliphatic rings. The maximum absolute atomic E-state index is 12.6. The molecule has 32 heavy (non-hydrogen) atoms. The van der Waals surface area contributed by atoms with Crippen molar-refractivity contribution in [2.45, 2.75) is 0 Å². The highest BCUT2D eigenvalue weighted by Crippen LogP contribution is 2.39. The second-order valence-corrected chi connectivity index (χ2v) is 8.29. The minimum Gasteiger partial charge on any atom is -0.408 e. The molecule has 4 aromatic rings. The third-order valence-corrected chi connectivity index (χ3v) is 5.56. The van der Waals surface area contributed by atoms with Crippen molar-refractivity contribution in [3.8, 4) is 28.0 Å². The fraction of sp³-hybridized carbons (Fsp3) is 0. The largest absolute Gasteiger partial charge is 0.427 e. The highest BCUT2D eigenvalue weighted by molar-refractivity contribution is 7.91. The van der Waals surface area contributed by atoms with Crippen molar-refractivity contribution in [1.82, 2.24) is 4.72 Å². The summed E-state index contributed by atoms with van der Waals surface area (Å²) in [5, 5.41) is 0. The lowest BCUT2D eigenvalue weighted by Gasteiger charge is -2.16. The molecule has 1 amide bonds. The average molecular weight is 445 g/mol. The molecule has 0 saturated heterocycles. The van der Waals surface area contributed by atoms with Crippen LogP contribution in [0.1, 0.15) is 0 Å². The van der Waals surface area contributed by atoms with E-state index in [1.54, 1.807) is 30.3 Å². The Morgan fingerprint density at radius 2 is 1.09 bits per heavy atom. The van der Waals surface area contributed by atoms with Crippen LogP contribution < -0.4 is 14.2 Å². The van der Waals surface area contributed by atoms with Crippen molar-refractivity contribution in [3.63, 3.8) is 0 Å². The van der Waals surface area contributed by atoms with Crippen LogP contribution in [-0.4, -0.2) is 14.5 Å². The molecule has 6 nitrogen and oxygen atoms in total. The summed E-state index contributed by atoms with van der Waals surface area (Å²) in [5.41, 5.74) is 3.31. The van der Waals surface area contributed by atoms with E-state index in [9.17, 15) is 13.2 Å². The fourth-order valence-corrected chi connectivity index (χ4v) is 4.01. The molecule has 4 aromatic carbocycles. The summed E-state index contributed by atoms with van der Waals surface area (Å²) in [6, 6.07) is 32.6. The van der Waals surface area contributed by atoms with Gasteiger partial charge in [0.1, 0.15) is 5.75 Å². The zero-order chi connectivity index (χ0) is 22.4. The number of amides is 1. The summed E-state index contributed by atoms with van der Waals surface area (Å²) in [6.07, 6.45) is -1.12. The van der Waals surface area contributed by atoms with Gasteiger partial charge in [0.2, 0.25) is 0 Å². The first kappa shape index (κ1) is 21.1. The number of hydrogen-bond acceptors (Lipinski definition) is 4. The van der Waals surface area contributed by atoms with Crippen LogP contribution in [0.2, 0.25) is 0 Å². The van der Waals surface area contributed by atoms with E-state index in [0.29, 0.717) is 16.8 Å². The van der Waals surface area contributed by atoms with Crippen molar-refractivity contribution in [2.24, 2.45) is 0 Å². The highest BCUT2D eigenvalue weighted by Gasteiger charge is 2.20. The van der Waals surface area contributed by atoms with Crippen LogP contribution in [0, 0.1) is 0 Å². The molecule has 4 rings (SSSR count). The Kier molecular flexibility index (Phi) is 6.19. The van der Waals surface area contributed by atoms with Gasteiger partial charge in [-0.25, -0.2) is 9.52 Å². The maximum atomic E-state index is 12.6. The molecular formula is C25H20N2O4S. The average Bonchev–Trinajstić information content (AvgIpc) is 2.80. The summed E-state index contributed by atoms with van der Waals surface area (Å²) < 4.78 is 34.6. The molecule has 7 heteroatoms. The summed E-state index contributed by atoms with van der Waals surface area (Å²) in [6.45, 7) is 0. The summed E-state index contributed by atoms with van der Waals surface area (Å²) >= 11 is 0. The van der Waals surface area contributed by atoms with Gasteiger partial charge in [0, 0.05) is 11.1 Å². The molecule has 0 aromatic heterocycles. The van der Waals surface area contributed by atoms with Crippen LogP contribution in [0.5, 0.6) is 5.75 Å². The number of ether oxygens (including phenoxy) is 1. The van der Waals surface area contributed by atoms with E-state index in [4.69, 9.17) is 4.74 Å². The monoisotopic (exact) mass is 444 g/mol. The van der Waals surface area contributed by atoms with Crippen LogP contribution in [-0.2, 0) is 10.2 Å². The Bertz CT molecular complexity index is 1250. The lowest BCUT2D eigenvalue weighted by Crippen LogP contribution is -2.37. The SMILES string of the molecule is O=C(NS(=O)(=O)Nc1ccccc1)Oc1c(-c2ccccc2)cccc1-c1ccccc1. The Labute approximate surface area is 186 Å². The topological polar surface area (TPSA) is 84.5 Å². The quantitative estimate of drug-likeness (QED) is 0.413. The van der Waals surface area contributed by atoms with E-state index >= 15 is 0 Å². The van der Waals surface area contributed by atoms with Crippen molar-refractivity contribution >= 4 is 22.0 Å². The molecule has 2 N–H and O–H groups in total. The predicted octanol–water partition coefficient (Wildman–Crippen LogP) is 5.47. The van der Waals surface area contributed by atoms with E-state index in [0.717, 1.165) is 11.1 Å². The Balaban J connectivity index is 1.66. The molecule has 160 valence electrons.